The Morgan fingerprint density at radius 2 is 1.96 bits per heavy atom. The van der Waals surface area contributed by atoms with E-state index in [1.165, 1.54) is 31.3 Å². The van der Waals surface area contributed by atoms with E-state index in [9.17, 15) is 10.2 Å². The molecular formula is C21H35O3Rb. The summed E-state index contributed by atoms with van der Waals surface area (Å²) in [4.78, 5) is 0. The van der Waals surface area contributed by atoms with Gasteiger partial charge >= 0.3 is 58.2 Å². The molecule has 3 fully saturated rings. The maximum atomic E-state index is 12.3. The summed E-state index contributed by atoms with van der Waals surface area (Å²) in [6, 6.07) is 0. The Morgan fingerprint density at radius 3 is 2.64 bits per heavy atom. The van der Waals surface area contributed by atoms with E-state index < -0.39 is 0 Å². The van der Waals surface area contributed by atoms with E-state index in [-0.39, 0.29) is 83.7 Å². The topological polar surface area (TPSA) is 52.5 Å². The molecule has 0 aromatic rings. The summed E-state index contributed by atoms with van der Waals surface area (Å²) in [5.41, 5.74) is 1.46. The third-order valence-electron chi connectivity index (χ3n) is 8.26. The van der Waals surface area contributed by atoms with Gasteiger partial charge in [-0.15, -0.1) is 6.61 Å². The van der Waals surface area contributed by atoms with Crippen LogP contribution in [-0.2, 0) is 4.74 Å². The average Bonchev–Trinajstić information content (AvgIpc) is 2.90. The fourth-order valence-corrected chi connectivity index (χ4v) is 7.05. The van der Waals surface area contributed by atoms with Crippen molar-refractivity contribution in [3.8, 4) is 0 Å². The van der Waals surface area contributed by atoms with Gasteiger partial charge in [-0.25, -0.2) is 0 Å². The van der Waals surface area contributed by atoms with E-state index >= 15 is 0 Å². The summed E-state index contributed by atoms with van der Waals surface area (Å²) in [6.07, 6.45) is 10.9. The van der Waals surface area contributed by atoms with E-state index in [1.54, 1.807) is 0 Å². The van der Waals surface area contributed by atoms with Crippen molar-refractivity contribution in [2.75, 3.05) is 13.7 Å². The van der Waals surface area contributed by atoms with Crippen LogP contribution in [0.3, 0.4) is 0 Å². The zero-order valence-electron chi connectivity index (χ0n) is 15.6. The molecule has 3 nitrogen and oxygen atoms in total. The van der Waals surface area contributed by atoms with Crippen LogP contribution in [0.15, 0.2) is 11.6 Å². The van der Waals surface area contributed by atoms with Gasteiger partial charge in [-0.1, -0.05) is 26.0 Å². The quantitative estimate of drug-likeness (QED) is 0.654. The van der Waals surface area contributed by atoms with Crippen LogP contribution in [0.1, 0.15) is 65.7 Å². The number of methoxy groups -OCH3 is 1. The van der Waals surface area contributed by atoms with Gasteiger partial charge in [0.25, 0.3) is 0 Å². The fourth-order valence-electron chi connectivity index (χ4n) is 7.05. The van der Waals surface area contributed by atoms with Crippen LogP contribution in [0.5, 0.6) is 0 Å². The van der Waals surface area contributed by atoms with Gasteiger partial charge in [-0.2, -0.15) is 0 Å². The number of fused-ring (bicyclic) bond motifs is 5. The molecule has 1 N–H and O–H groups in total. The van der Waals surface area contributed by atoms with Crippen LogP contribution in [0.4, 0.5) is 0 Å². The fraction of sp³-hybridized carbons (Fsp3) is 0.905. The molecule has 0 radical (unpaired) electrons. The van der Waals surface area contributed by atoms with Crippen LogP contribution < -0.4 is 63.3 Å². The Labute approximate surface area is 202 Å². The average molecular weight is 421 g/mol. The Hall–Kier alpha value is 1.43. The summed E-state index contributed by atoms with van der Waals surface area (Å²) in [5, 5.41) is 22.4. The van der Waals surface area contributed by atoms with Gasteiger partial charge < -0.3 is 14.9 Å². The van der Waals surface area contributed by atoms with Gasteiger partial charge in [0, 0.05) is 7.11 Å². The van der Waals surface area contributed by atoms with E-state index in [1.807, 2.05) is 7.11 Å². The van der Waals surface area contributed by atoms with Crippen molar-refractivity contribution in [3.63, 3.8) is 0 Å². The zero-order chi connectivity index (χ0) is 16.2. The molecule has 4 aliphatic carbocycles. The Kier molecular flexibility index (Phi) is 7.66. The summed E-state index contributed by atoms with van der Waals surface area (Å²) in [5.74, 6) is 1.90. The molecule has 4 heteroatoms. The maximum absolute atomic E-state index is 12.3. The summed E-state index contributed by atoms with van der Waals surface area (Å²) >= 11 is 0. The molecule has 0 saturated heterocycles. The number of ether oxygens (including phenoxy) is 1. The van der Waals surface area contributed by atoms with Crippen molar-refractivity contribution >= 4 is 0 Å². The molecule has 0 amide bonds. The molecule has 5 unspecified atom stereocenters. The van der Waals surface area contributed by atoms with Crippen LogP contribution >= 0.6 is 0 Å². The Morgan fingerprint density at radius 1 is 1.20 bits per heavy atom. The molecule has 4 aliphatic rings. The molecule has 0 heterocycles. The summed E-state index contributed by atoms with van der Waals surface area (Å²) < 4.78 is 5.83. The molecule has 0 spiro atoms. The molecule has 4 rings (SSSR count). The molecule has 3 saturated carbocycles. The molecule has 0 aliphatic heterocycles. The summed E-state index contributed by atoms with van der Waals surface area (Å²) in [7, 11) is 1.87. The second kappa shape index (κ2) is 8.43. The second-order valence-corrected chi connectivity index (χ2v) is 8.89. The number of aliphatic hydroxyl groups excluding tert-OH is 1. The molecule has 0 aromatic heterocycles. The van der Waals surface area contributed by atoms with Gasteiger partial charge in [0.05, 0.1) is 12.2 Å². The first kappa shape index (κ1) is 22.7. The number of rotatable bonds is 2. The molecule has 138 valence electrons. The van der Waals surface area contributed by atoms with Gasteiger partial charge in [-0.3, -0.25) is 0 Å². The third-order valence-corrected chi connectivity index (χ3v) is 8.26. The first-order valence-corrected chi connectivity index (χ1v) is 9.53. The number of hydrogen-bond donors (Lipinski definition) is 1. The third kappa shape index (κ3) is 3.36. The minimum Gasteiger partial charge on any atom is -0.854 e. The Bertz CT molecular complexity index is 507. The molecule has 0 aromatic carbocycles. The standard InChI is InChI=1S/C20H31O3.CH4.Rb/c1-19-9-8-17-15(16(19)5-6-18(19)23-2)4-3-13-11-14(22)7-10-20(13,17)12-21;;/h3,14-18,22H,4-12H2,1-2H3;1H4;/q-1;;+1/t14-,15?,16?,17?,18+,19?,20?;;/m1../s1. The maximum Gasteiger partial charge on any atom is 1.00 e. The van der Waals surface area contributed by atoms with Gasteiger partial charge in [-0.05, 0) is 80.0 Å². The minimum absolute atomic E-state index is 0. The second-order valence-electron chi connectivity index (χ2n) is 8.89. The van der Waals surface area contributed by atoms with Crippen LogP contribution in [0.25, 0.3) is 0 Å². The van der Waals surface area contributed by atoms with E-state index in [2.05, 4.69) is 13.0 Å². The number of aliphatic hydroxyl groups is 1. The van der Waals surface area contributed by atoms with Crippen molar-refractivity contribution in [1.29, 1.82) is 0 Å². The zero-order valence-corrected chi connectivity index (χ0v) is 20.5. The molecule has 7 atom stereocenters. The monoisotopic (exact) mass is 420 g/mol. The van der Waals surface area contributed by atoms with Gasteiger partial charge in [0.15, 0.2) is 0 Å². The SMILES string of the molecule is C.CO[C@H]1CCC2C3CC=C4C[C@H](O)CCC4(C[O-])C3CCC21C.[Rb+]. The number of hydrogen-bond acceptors (Lipinski definition) is 3. The Balaban J connectivity index is 0.00000113. The smallest absolute Gasteiger partial charge is 0.854 e. The molecule has 25 heavy (non-hydrogen) atoms. The van der Waals surface area contributed by atoms with Crippen LogP contribution in [-0.4, -0.2) is 31.0 Å². The van der Waals surface area contributed by atoms with Gasteiger partial charge in [0.2, 0.25) is 0 Å². The largest absolute Gasteiger partial charge is 1.00 e. The number of allylic oxidation sites excluding steroid dienone is 1. The van der Waals surface area contributed by atoms with E-state index in [4.69, 9.17) is 4.74 Å². The van der Waals surface area contributed by atoms with Crippen LogP contribution in [0, 0.1) is 28.6 Å². The first-order valence-electron chi connectivity index (χ1n) is 9.53. The van der Waals surface area contributed by atoms with E-state index in [0.717, 1.165) is 25.7 Å². The minimum atomic E-state index is -0.226. The van der Waals surface area contributed by atoms with E-state index in [0.29, 0.717) is 29.3 Å². The first-order chi connectivity index (χ1) is 11.0. The predicted octanol–water partition coefficient (Wildman–Crippen LogP) is 0.306. The predicted molar refractivity (Wildman–Crippen MR) is 94.4 cm³/mol. The van der Waals surface area contributed by atoms with Crippen molar-refractivity contribution < 1.29 is 73.1 Å². The molecule has 0 bridgehead atoms. The normalized spacial score (nSPS) is 48.2. The van der Waals surface area contributed by atoms with Gasteiger partial charge in [0.1, 0.15) is 0 Å². The van der Waals surface area contributed by atoms with Crippen molar-refractivity contribution in [1.82, 2.24) is 0 Å². The van der Waals surface area contributed by atoms with Crippen molar-refractivity contribution in [3.05, 3.63) is 11.6 Å². The molecular weight excluding hydrogens is 386 g/mol. The van der Waals surface area contributed by atoms with Crippen LogP contribution in [0.2, 0.25) is 0 Å². The summed E-state index contributed by atoms with van der Waals surface area (Å²) in [6.45, 7) is 2.45. The van der Waals surface area contributed by atoms with Crippen molar-refractivity contribution in [2.45, 2.75) is 77.9 Å². The van der Waals surface area contributed by atoms with Crippen molar-refractivity contribution in [2.24, 2.45) is 28.6 Å².